The molecule has 0 aliphatic rings. The summed E-state index contributed by atoms with van der Waals surface area (Å²) in [7, 11) is 1.43. The number of aromatic nitrogens is 3. The number of fused-ring (bicyclic) bond motifs is 1. The van der Waals surface area contributed by atoms with Gasteiger partial charge < -0.3 is 9.47 Å². The molecule has 7 heteroatoms. The lowest BCUT2D eigenvalue weighted by atomic mass is 10.2. The zero-order valence-corrected chi connectivity index (χ0v) is 10.6. The van der Waals surface area contributed by atoms with Crippen LogP contribution in [0, 0.1) is 0 Å². The van der Waals surface area contributed by atoms with Crippen molar-refractivity contribution >= 4 is 28.5 Å². The van der Waals surface area contributed by atoms with E-state index in [2.05, 4.69) is 15.0 Å². The molecular weight excluding hydrogens is 258 g/mol. The van der Waals surface area contributed by atoms with Crippen LogP contribution in [-0.2, 0) is 4.74 Å². The van der Waals surface area contributed by atoms with E-state index in [0.29, 0.717) is 10.9 Å². The lowest BCUT2D eigenvalue weighted by Gasteiger charge is -2.10. The van der Waals surface area contributed by atoms with Crippen LogP contribution in [0.15, 0.2) is 12.5 Å². The van der Waals surface area contributed by atoms with E-state index < -0.39 is 5.97 Å². The van der Waals surface area contributed by atoms with Gasteiger partial charge in [0.15, 0.2) is 11.4 Å². The molecule has 0 unspecified atom stereocenters. The first kappa shape index (κ1) is 12.5. The predicted octanol–water partition coefficient (Wildman–Crippen LogP) is 1.86. The molecule has 2 aromatic rings. The molecular formula is C11H10ClN3O3. The second kappa shape index (κ2) is 5.14. The van der Waals surface area contributed by atoms with Gasteiger partial charge in [0.1, 0.15) is 17.0 Å². The van der Waals surface area contributed by atoms with Gasteiger partial charge in [-0.1, -0.05) is 11.6 Å². The maximum absolute atomic E-state index is 11.8. The van der Waals surface area contributed by atoms with Crippen molar-refractivity contribution in [3.05, 3.63) is 23.4 Å². The Bertz CT molecular complexity index is 603. The van der Waals surface area contributed by atoms with Crippen LogP contribution in [0.2, 0.25) is 5.15 Å². The van der Waals surface area contributed by atoms with Crippen LogP contribution in [0.4, 0.5) is 0 Å². The average Bonchev–Trinajstić information content (AvgIpc) is 2.39. The zero-order valence-electron chi connectivity index (χ0n) is 9.81. The molecule has 2 rings (SSSR count). The molecule has 0 saturated heterocycles. The Balaban J connectivity index is 2.71. The summed E-state index contributed by atoms with van der Waals surface area (Å²) in [5.74, 6) is -0.369. The molecule has 2 heterocycles. The number of carbonyl (C=O) groups excluding carboxylic acids is 1. The minimum atomic E-state index is -0.600. The summed E-state index contributed by atoms with van der Waals surface area (Å²) in [6, 6.07) is 0. The highest BCUT2D eigenvalue weighted by atomic mass is 35.5. The summed E-state index contributed by atoms with van der Waals surface area (Å²) in [5.41, 5.74) is 0.436. The number of methoxy groups -OCH3 is 1. The molecule has 0 saturated carbocycles. The molecule has 0 atom stereocenters. The highest BCUT2D eigenvalue weighted by Gasteiger charge is 2.21. The fourth-order valence-electron chi connectivity index (χ4n) is 1.51. The molecule has 0 N–H and O–H groups in total. The molecule has 0 spiro atoms. The minimum Gasteiger partial charge on any atom is -0.492 e. The Morgan fingerprint density at radius 2 is 2.28 bits per heavy atom. The number of esters is 1. The van der Waals surface area contributed by atoms with Crippen LogP contribution < -0.4 is 4.74 Å². The summed E-state index contributed by atoms with van der Waals surface area (Å²) in [6.45, 7) is 1.94. The quantitative estimate of drug-likeness (QED) is 0.624. The van der Waals surface area contributed by atoms with E-state index in [9.17, 15) is 4.79 Å². The molecule has 6 nitrogen and oxygen atoms in total. The van der Waals surface area contributed by atoms with Crippen LogP contribution in [0.25, 0.3) is 10.9 Å². The van der Waals surface area contributed by atoms with E-state index >= 15 is 0 Å². The van der Waals surface area contributed by atoms with Gasteiger partial charge in [-0.3, -0.25) is 0 Å². The van der Waals surface area contributed by atoms with Gasteiger partial charge in [-0.2, -0.15) is 0 Å². The van der Waals surface area contributed by atoms with Crippen molar-refractivity contribution in [3.63, 3.8) is 0 Å². The number of pyridine rings is 1. The first-order chi connectivity index (χ1) is 8.69. The Hall–Kier alpha value is -1.95. The van der Waals surface area contributed by atoms with Crippen molar-refractivity contribution in [2.24, 2.45) is 0 Å². The highest BCUT2D eigenvalue weighted by molar-refractivity contribution is 6.34. The molecule has 0 fully saturated rings. The van der Waals surface area contributed by atoms with E-state index in [1.807, 2.05) is 0 Å². The van der Waals surface area contributed by atoms with Crippen molar-refractivity contribution in [1.82, 2.24) is 15.0 Å². The Labute approximate surface area is 108 Å². The van der Waals surface area contributed by atoms with E-state index in [1.54, 1.807) is 6.92 Å². The largest absolute Gasteiger partial charge is 0.492 e. The Morgan fingerprint density at radius 1 is 1.50 bits per heavy atom. The first-order valence-corrected chi connectivity index (χ1v) is 5.57. The monoisotopic (exact) mass is 267 g/mol. The molecule has 0 bridgehead atoms. The average molecular weight is 268 g/mol. The van der Waals surface area contributed by atoms with Crippen LogP contribution in [0.1, 0.15) is 17.4 Å². The summed E-state index contributed by atoms with van der Waals surface area (Å²) >= 11 is 5.98. The van der Waals surface area contributed by atoms with Crippen molar-refractivity contribution in [1.29, 1.82) is 0 Å². The standard InChI is InChI=1S/C11H10ClN3O3/c1-3-18-11(16)8-9(17-2)7-6(10(12)15-8)4-13-5-14-7/h4-5H,3H2,1-2H3. The lowest BCUT2D eigenvalue weighted by molar-refractivity contribution is 0.0516. The van der Waals surface area contributed by atoms with Gasteiger partial charge >= 0.3 is 5.97 Å². The fourth-order valence-corrected chi connectivity index (χ4v) is 1.74. The van der Waals surface area contributed by atoms with Crippen LogP contribution in [-0.4, -0.2) is 34.6 Å². The summed E-state index contributed by atoms with van der Waals surface area (Å²) in [6.07, 6.45) is 2.85. The maximum atomic E-state index is 11.8. The topological polar surface area (TPSA) is 74.2 Å². The van der Waals surface area contributed by atoms with E-state index in [4.69, 9.17) is 21.1 Å². The number of halogens is 1. The van der Waals surface area contributed by atoms with E-state index in [0.717, 1.165) is 0 Å². The normalized spacial score (nSPS) is 10.4. The third-order valence-corrected chi connectivity index (χ3v) is 2.54. The van der Waals surface area contributed by atoms with E-state index in [-0.39, 0.29) is 23.2 Å². The third-order valence-electron chi connectivity index (χ3n) is 2.25. The zero-order chi connectivity index (χ0) is 13.1. The molecule has 2 aromatic heterocycles. The SMILES string of the molecule is CCOC(=O)c1nc(Cl)c2cncnc2c1OC. The maximum Gasteiger partial charge on any atom is 0.360 e. The highest BCUT2D eigenvalue weighted by Crippen LogP contribution is 2.30. The van der Waals surface area contributed by atoms with Crippen molar-refractivity contribution in [2.75, 3.05) is 13.7 Å². The summed E-state index contributed by atoms with van der Waals surface area (Å²) in [4.78, 5) is 23.6. The molecule has 0 radical (unpaired) electrons. The fraction of sp³-hybridized carbons (Fsp3) is 0.273. The number of rotatable bonds is 3. The minimum absolute atomic E-state index is 0.00977. The van der Waals surface area contributed by atoms with Gasteiger partial charge in [0, 0.05) is 6.20 Å². The molecule has 94 valence electrons. The third kappa shape index (κ3) is 2.06. The van der Waals surface area contributed by atoms with E-state index in [1.165, 1.54) is 19.6 Å². The number of carbonyl (C=O) groups is 1. The van der Waals surface area contributed by atoms with Crippen molar-refractivity contribution in [3.8, 4) is 5.75 Å². The van der Waals surface area contributed by atoms with Gasteiger partial charge in [0.25, 0.3) is 0 Å². The molecule has 18 heavy (non-hydrogen) atoms. The number of hydrogen-bond acceptors (Lipinski definition) is 6. The van der Waals surface area contributed by atoms with Crippen LogP contribution >= 0.6 is 11.6 Å². The Kier molecular flexibility index (Phi) is 3.57. The number of ether oxygens (including phenoxy) is 2. The van der Waals surface area contributed by atoms with Crippen molar-refractivity contribution < 1.29 is 14.3 Å². The lowest BCUT2D eigenvalue weighted by Crippen LogP contribution is -2.10. The van der Waals surface area contributed by atoms with Crippen LogP contribution in [0.5, 0.6) is 5.75 Å². The second-order valence-corrected chi connectivity index (χ2v) is 3.65. The van der Waals surface area contributed by atoms with Gasteiger partial charge in [-0.25, -0.2) is 19.7 Å². The molecule has 0 aromatic carbocycles. The molecule has 0 aliphatic carbocycles. The first-order valence-electron chi connectivity index (χ1n) is 5.19. The second-order valence-electron chi connectivity index (χ2n) is 3.29. The molecule has 0 aliphatic heterocycles. The van der Waals surface area contributed by atoms with Crippen LogP contribution in [0.3, 0.4) is 0 Å². The summed E-state index contributed by atoms with van der Waals surface area (Å²) in [5, 5.41) is 0.651. The molecule has 0 amide bonds. The number of nitrogens with zero attached hydrogens (tertiary/aromatic N) is 3. The Morgan fingerprint density at radius 3 is 2.94 bits per heavy atom. The smallest absolute Gasteiger partial charge is 0.360 e. The number of hydrogen-bond donors (Lipinski definition) is 0. The van der Waals surface area contributed by atoms with Gasteiger partial charge in [0.05, 0.1) is 19.1 Å². The van der Waals surface area contributed by atoms with Crippen molar-refractivity contribution in [2.45, 2.75) is 6.92 Å². The van der Waals surface area contributed by atoms with Gasteiger partial charge in [-0.15, -0.1) is 0 Å². The summed E-state index contributed by atoms with van der Waals surface area (Å²) < 4.78 is 10.1. The van der Waals surface area contributed by atoms with Gasteiger partial charge in [-0.05, 0) is 6.92 Å². The predicted molar refractivity (Wildman–Crippen MR) is 64.9 cm³/mol. The van der Waals surface area contributed by atoms with Gasteiger partial charge in [0.2, 0.25) is 0 Å².